The van der Waals surface area contributed by atoms with E-state index in [9.17, 15) is 4.79 Å². The van der Waals surface area contributed by atoms with Crippen molar-refractivity contribution in [3.8, 4) is 0 Å². The first-order valence-electron chi connectivity index (χ1n) is 6.63. The summed E-state index contributed by atoms with van der Waals surface area (Å²) in [6.07, 6.45) is 5.18. The maximum atomic E-state index is 11.4. The maximum absolute atomic E-state index is 11.4. The Morgan fingerprint density at radius 1 is 1.42 bits per heavy atom. The van der Waals surface area contributed by atoms with Crippen LogP contribution in [0.4, 0.5) is 0 Å². The van der Waals surface area contributed by atoms with E-state index < -0.39 is 6.04 Å². The smallest absolute Gasteiger partial charge is 0.322 e. The number of carbonyl (C=O) groups is 1. The fraction of sp³-hybridized carbons (Fsp3) is 0.571. The van der Waals surface area contributed by atoms with E-state index in [1.165, 1.54) is 5.56 Å². The predicted molar refractivity (Wildman–Crippen MR) is 74.7 cm³/mol. The molecule has 0 aliphatic heterocycles. The molecule has 0 fully saturated rings. The largest absolute Gasteiger partial charge is 0.465 e. The first-order valence-corrected chi connectivity index (χ1v) is 6.63. The molecule has 0 bridgehead atoms. The van der Waals surface area contributed by atoms with Gasteiger partial charge in [-0.25, -0.2) is 0 Å². The summed E-state index contributed by atoms with van der Waals surface area (Å²) in [5, 5.41) is 0. The van der Waals surface area contributed by atoms with Crippen molar-refractivity contribution in [2.75, 3.05) is 26.7 Å². The van der Waals surface area contributed by atoms with Crippen LogP contribution in [-0.4, -0.2) is 48.6 Å². The van der Waals surface area contributed by atoms with Gasteiger partial charge in [0.05, 0.1) is 6.61 Å². The highest BCUT2D eigenvalue weighted by atomic mass is 16.5. The molecule has 0 aliphatic carbocycles. The normalized spacial score (nSPS) is 12.4. The molecule has 5 heteroatoms. The van der Waals surface area contributed by atoms with Gasteiger partial charge in [-0.2, -0.15) is 0 Å². The highest BCUT2D eigenvalue weighted by Crippen LogP contribution is 2.00. The molecule has 2 N–H and O–H groups in total. The van der Waals surface area contributed by atoms with Gasteiger partial charge in [-0.05, 0) is 51.1 Å². The van der Waals surface area contributed by atoms with Gasteiger partial charge < -0.3 is 15.4 Å². The number of nitrogens with zero attached hydrogens (tertiary/aromatic N) is 2. The number of likely N-dealkylation sites (N-methyl/N-ethyl adjacent to an activating group) is 1. The van der Waals surface area contributed by atoms with E-state index >= 15 is 0 Å². The summed E-state index contributed by atoms with van der Waals surface area (Å²) in [5.74, 6) is -0.315. The molecule has 0 radical (unpaired) electrons. The van der Waals surface area contributed by atoms with Gasteiger partial charge in [0.2, 0.25) is 0 Å². The molecule has 1 heterocycles. The predicted octanol–water partition coefficient (Wildman–Crippen LogP) is 0.836. The molecule has 1 aromatic heterocycles. The number of ether oxygens (including phenoxy) is 1. The van der Waals surface area contributed by atoms with Crippen LogP contribution in [0.15, 0.2) is 24.5 Å². The van der Waals surface area contributed by atoms with Crippen LogP contribution in [-0.2, 0) is 16.0 Å². The number of rotatable bonds is 8. The van der Waals surface area contributed by atoms with Gasteiger partial charge >= 0.3 is 5.97 Å². The molecule has 0 saturated carbocycles. The molecule has 0 spiro atoms. The lowest BCUT2D eigenvalue weighted by Crippen LogP contribution is -2.36. The number of carbonyl (C=O) groups excluding carboxylic acids is 1. The van der Waals surface area contributed by atoms with Crippen LogP contribution in [0, 0.1) is 0 Å². The molecule has 106 valence electrons. The van der Waals surface area contributed by atoms with Gasteiger partial charge in [0.25, 0.3) is 0 Å². The number of hydrogen-bond acceptors (Lipinski definition) is 5. The van der Waals surface area contributed by atoms with E-state index in [2.05, 4.69) is 9.88 Å². The van der Waals surface area contributed by atoms with Crippen molar-refractivity contribution in [2.24, 2.45) is 5.73 Å². The fourth-order valence-corrected chi connectivity index (χ4v) is 1.71. The highest BCUT2D eigenvalue weighted by Gasteiger charge is 2.14. The SMILES string of the molecule is CCOC(=O)C(N)CCN(C)CCc1ccncc1. The molecule has 0 amide bonds. The van der Waals surface area contributed by atoms with Crippen molar-refractivity contribution < 1.29 is 9.53 Å². The summed E-state index contributed by atoms with van der Waals surface area (Å²) in [7, 11) is 2.03. The lowest BCUT2D eigenvalue weighted by atomic mass is 10.2. The van der Waals surface area contributed by atoms with E-state index in [0.717, 1.165) is 19.5 Å². The Balaban J connectivity index is 2.21. The van der Waals surface area contributed by atoms with Crippen LogP contribution in [0.25, 0.3) is 0 Å². The van der Waals surface area contributed by atoms with Crippen molar-refractivity contribution in [1.29, 1.82) is 0 Å². The Hall–Kier alpha value is -1.46. The van der Waals surface area contributed by atoms with Crippen LogP contribution < -0.4 is 5.73 Å². The minimum Gasteiger partial charge on any atom is -0.465 e. The van der Waals surface area contributed by atoms with Gasteiger partial charge in [0, 0.05) is 18.9 Å². The van der Waals surface area contributed by atoms with Crippen LogP contribution in [0.5, 0.6) is 0 Å². The Morgan fingerprint density at radius 2 is 2.11 bits per heavy atom. The maximum Gasteiger partial charge on any atom is 0.322 e. The number of pyridine rings is 1. The van der Waals surface area contributed by atoms with Crippen molar-refractivity contribution in [3.05, 3.63) is 30.1 Å². The third kappa shape index (κ3) is 6.31. The van der Waals surface area contributed by atoms with E-state index in [1.54, 1.807) is 19.3 Å². The Kier molecular flexibility index (Phi) is 7.07. The van der Waals surface area contributed by atoms with E-state index in [4.69, 9.17) is 10.5 Å². The van der Waals surface area contributed by atoms with Crippen molar-refractivity contribution >= 4 is 5.97 Å². The molecule has 5 nitrogen and oxygen atoms in total. The number of nitrogens with two attached hydrogens (primary N) is 1. The summed E-state index contributed by atoms with van der Waals surface area (Å²) < 4.78 is 4.88. The topological polar surface area (TPSA) is 68.5 Å². The molecule has 1 atom stereocenters. The first-order chi connectivity index (χ1) is 9.13. The van der Waals surface area contributed by atoms with E-state index in [-0.39, 0.29) is 5.97 Å². The zero-order valence-corrected chi connectivity index (χ0v) is 11.7. The van der Waals surface area contributed by atoms with Gasteiger partial charge in [-0.15, -0.1) is 0 Å². The fourth-order valence-electron chi connectivity index (χ4n) is 1.71. The van der Waals surface area contributed by atoms with Gasteiger partial charge in [-0.1, -0.05) is 0 Å². The zero-order chi connectivity index (χ0) is 14.1. The van der Waals surface area contributed by atoms with E-state index in [0.29, 0.717) is 13.0 Å². The molecule has 0 saturated heterocycles. The van der Waals surface area contributed by atoms with Crippen molar-refractivity contribution in [3.63, 3.8) is 0 Å². The second kappa shape index (κ2) is 8.61. The average Bonchev–Trinajstić information content (AvgIpc) is 2.43. The molecule has 1 rings (SSSR count). The van der Waals surface area contributed by atoms with Gasteiger partial charge in [-0.3, -0.25) is 9.78 Å². The lowest BCUT2D eigenvalue weighted by Gasteiger charge is -2.18. The molecule has 1 aromatic rings. The Morgan fingerprint density at radius 3 is 2.74 bits per heavy atom. The van der Waals surface area contributed by atoms with Crippen LogP contribution in [0.1, 0.15) is 18.9 Å². The number of hydrogen-bond donors (Lipinski definition) is 1. The molecule has 19 heavy (non-hydrogen) atoms. The average molecular weight is 265 g/mol. The van der Waals surface area contributed by atoms with Gasteiger partial charge in [0.1, 0.15) is 6.04 Å². The van der Waals surface area contributed by atoms with Crippen molar-refractivity contribution in [2.45, 2.75) is 25.8 Å². The van der Waals surface area contributed by atoms with Crippen LogP contribution in [0.3, 0.4) is 0 Å². The molecule has 1 unspecified atom stereocenters. The minimum atomic E-state index is -0.525. The number of esters is 1. The molecule has 0 aliphatic rings. The first kappa shape index (κ1) is 15.6. The summed E-state index contributed by atoms with van der Waals surface area (Å²) in [4.78, 5) is 17.5. The van der Waals surface area contributed by atoms with Crippen LogP contribution in [0.2, 0.25) is 0 Å². The Labute approximate surface area is 114 Å². The molecule has 0 aromatic carbocycles. The Bertz CT molecular complexity index is 370. The summed E-state index contributed by atoms with van der Waals surface area (Å²) >= 11 is 0. The summed E-state index contributed by atoms with van der Waals surface area (Å²) in [6.45, 7) is 3.88. The second-order valence-electron chi connectivity index (χ2n) is 4.56. The lowest BCUT2D eigenvalue weighted by molar-refractivity contribution is -0.144. The monoisotopic (exact) mass is 265 g/mol. The third-order valence-corrected chi connectivity index (χ3v) is 2.94. The quantitative estimate of drug-likeness (QED) is 0.705. The highest BCUT2D eigenvalue weighted by molar-refractivity contribution is 5.75. The second-order valence-corrected chi connectivity index (χ2v) is 4.56. The molecular formula is C14H23N3O2. The zero-order valence-electron chi connectivity index (χ0n) is 11.7. The third-order valence-electron chi connectivity index (χ3n) is 2.94. The van der Waals surface area contributed by atoms with Gasteiger partial charge in [0.15, 0.2) is 0 Å². The summed E-state index contributed by atoms with van der Waals surface area (Å²) in [5.41, 5.74) is 7.01. The number of aromatic nitrogens is 1. The van der Waals surface area contributed by atoms with Crippen molar-refractivity contribution in [1.82, 2.24) is 9.88 Å². The van der Waals surface area contributed by atoms with Crippen LogP contribution >= 0.6 is 0 Å². The van der Waals surface area contributed by atoms with E-state index in [1.807, 2.05) is 19.2 Å². The minimum absolute atomic E-state index is 0.315. The standard InChI is InChI=1S/C14H23N3O2/c1-3-19-14(18)13(15)7-11-17(2)10-6-12-4-8-16-9-5-12/h4-5,8-9,13H,3,6-7,10-11,15H2,1-2H3. The summed E-state index contributed by atoms with van der Waals surface area (Å²) in [6, 6.07) is 3.50. The molecular weight excluding hydrogens is 242 g/mol.